The van der Waals surface area contributed by atoms with Crippen molar-refractivity contribution in [1.29, 1.82) is 0 Å². The van der Waals surface area contributed by atoms with Gasteiger partial charge in [0.05, 0.1) is 0 Å². The molecule has 0 nitrogen and oxygen atoms in total. The van der Waals surface area contributed by atoms with Crippen LogP contribution in [0.25, 0.3) is 0 Å². The first-order chi connectivity index (χ1) is 2.39. The number of hydrogen-bond acceptors (Lipinski definition) is 0. The molecule has 0 radical (unpaired) electrons. The van der Waals surface area contributed by atoms with Crippen molar-refractivity contribution >= 4 is 12.4 Å². The van der Waals surface area contributed by atoms with Gasteiger partial charge in [0.15, 0.2) is 0 Å². The molecule has 35 valence electrons. The van der Waals surface area contributed by atoms with E-state index in [0.717, 1.165) is 3.63 Å². The van der Waals surface area contributed by atoms with Gasteiger partial charge in [0.2, 0.25) is 0 Å². The Bertz CT molecular complexity index is 34.5. The third-order valence-corrected chi connectivity index (χ3v) is 2.52. The number of rotatable bonds is 0. The molecule has 1 rings (SSSR count). The van der Waals surface area contributed by atoms with E-state index < -0.39 is 0 Å². The van der Waals surface area contributed by atoms with Gasteiger partial charge in [-0.2, -0.15) is 0 Å². The predicted molar refractivity (Wildman–Crippen MR) is 24.8 cm³/mol. The molecule has 0 amide bonds. The SMILES string of the molecule is Cl.[Zr][CH]1CCC1. The molecule has 6 heavy (non-hydrogen) atoms. The molecule has 0 unspecified atom stereocenters. The van der Waals surface area contributed by atoms with Crippen molar-refractivity contribution in [3.05, 3.63) is 0 Å². The fourth-order valence-electron chi connectivity index (χ4n) is 0.408. The van der Waals surface area contributed by atoms with Gasteiger partial charge in [0.25, 0.3) is 0 Å². The van der Waals surface area contributed by atoms with Crippen LogP contribution in [0.3, 0.4) is 0 Å². The standard InChI is InChI=1S/C4H7.ClH.Zr/c1-2-4-3-1;;/h1H,2-4H2;1H;. The van der Waals surface area contributed by atoms with E-state index >= 15 is 0 Å². The second-order valence-corrected chi connectivity index (χ2v) is 3.63. The van der Waals surface area contributed by atoms with Gasteiger partial charge in [-0.3, -0.25) is 0 Å². The normalized spacial score (nSPS) is 21.2. The molecule has 1 fully saturated rings. The monoisotopic (exact) mass is 181 g/mol. The molecule has 0 aromatic rings. The van der Waals surface area contributed by atoms with Gasteiger partial charge >= 0.3 is 47.6 Å². The Balaban J connectivity index is 0.000000250. The zero-order valence-electron chi connectivity index (χ0n) is 3.61. The molecule has 0 heterocycles. The van der Waals surface area contributed by atoms with Crippen molar-refractivity contribution in [2.45, 2.75) is 22.9 Å². The minimum atomic E-state index is 0. The fourth-order valence-corrected chi connectivity index (χ4v) is 1.41. The summed E-state index contributed by atoms with van der Waals surface area (Å²) in [6.07, 6.45) is 4.56. The van der Waals surface area contributed by atoms with Gasteiger partial charge in [-0.25, -0.2) is 0 Å². The van der Waals surface area contributed by atoms with Crippen LogP contribution in [-0.4, -0.2) is 0 Å². The Labute approximate surface area is 60.0 Å². The first kappa shape index (κ1) is 7.17. The van der Waals surface area contributed by atoms with Crippen LogP contribution in [0.1, 0.15) is 19.3 Å². The van der Waals surface area contributed by atoms with Gasteiger partial charge in [-0.1, -0.05) is 0 Å². The molecule has 0 aliphatic heterocycles. The summed E-state index contributed by atoms with van der Waals surface area (Å²) in [5.74, 6) is 0. The molecule has 1 aliphatic carbocycles. The van der Waals surface area contributed by atoms with Gasteiger partial charge in [0.1, 0.15) is 0 Å². The van der Waals surface area contributed by atoms with Crippen molar-refractivity contribution in [3.8, 4) is 0 Å². The molecular formula is C4H8ClZr. The topological polar surface area (TPSA) is 0 Å². The third kappa shape index (κ3) is 1.75. The van der Waals surface area contributed by atoms with Crippen molar-refractivity contribution in [1.82, 2.24) is 0 Å². The molecule has 1 saturated carbocycles. The van der Waals surface area contributed by atoms with Crippen LogP contribution < -0.4 is 0 Å². The Morgan fingerprint density at radius 3 is 1.67 bits per heavy atom. The first-order valence-electron chi connectivity index (χ1n) is 2.11. The van der Waals surface area contributed by atoms with Crippen molar-refractivity contribution in [3.63, 3.8) is 0 Å². The van der Waals surface area contributed by atoms with E-state index in [-0.39, 0.29) is 12.4 Å². The van der Waals surface area contributed by atoms with E-state index in [2.05, 4.69) is 0 Å². The van der Waals surface area contributed by atoms with Crippen LogP contribution in [0.5, 0.6) is 0 Å². The molecule has 0 N–H and O–H groups in total. The molecule has 0 aromatic heterocycles. The Morgan fingerprint density at radius 2 is 1.67 bits per heavy atom. The van der Waals surface area contributed by atoms with Crippen LogP contribution in [0.2, 0.25) is 3.63 Å². The third-order valence-electron chi connectivity index (χ3n) is 1.11. The quantitative estimate of drug-likeness (QED) is 0.537. The van der Waals surface area contributed by atoms with Gasteiger partial charge in [-0.05, 0) is 0 Å². The summed E-state index contributed by atoms with van der Waals surface area (Å²) in [6, 6.07) is 0. The second kappa shape index (κ2) is 3.21. The number of hydrogen-bond donors (Lipinski definition) is 0. The van der Waals surface area contributed by atoms with Crippen LogP contribution in [-0.2, 0) is 24.7 Å². The summed E-state index contributed by atoms with van der Waals surface area (Å²) in [5.41, 5.74) is 0. The van der Waals surface area contributed by atoms with E-state index in [4.69, 9.17) is 0 Å². The fraction of sp³-hybridized carbons (Fsp3) is 1.00. The maximum atomic E-state index is 1.76. The van der Waals surface area contributed by atoms with E-state index in [9.17, 15) is 0 Å². The van der Waals surface area contributed by atoms with Crippen LogP contribution in [0.4, 0.5) is 0 Å². The summed E-state index contributed by atoms with van der Waals surface area (Å²) in [4.78, 5) is 0. The van der Waals surface area contributed by atoms with Crippen molar-refractivity contribution in [2.24, 2.45) is 0 Å². The molecule has 0 saturated heterocycles. The Kier molecular flexibility index (Phi) is 3.84. The van der Waals surface area contributed by atoms with Crippen LogP contribution in [0, 0.1) is 0 Å². The van der Waals surface area contributed by atoms with Crippen molar-refractivity contribution < 1.29 is 24.7 Å². The predicted octanol–water partition coefficient (Wildman–Crippen LogP) is 1.93. The summed E-state index contributed by atoms with van der Waals surface area (Å²) in [5, 5.41) is 0. The molecule has 0 spiro atoms. The summed E-state index contributed by atoms with van der Waals surface area (Å²) in [6.45, 7) is 0. The Morgan fingerprint density at radius 1 is 1.33 bits per heavy atom. The summed E-state index contributed by atoms with van der Waals surface area (Å²) in [7, 11) is 0. The molecule has 0 aromatic carbocycles. The minimum absolute atomic E-state index is 0. The van der Waals surface area contributed by atoms with Crippen LogP contribution in [0.15, 0.2) is 0 Å². The first-order valence-corrected chi connectivity index (χ1v) is 3.52. The van der Waals surface area contributed by atoms with E-state index in [0.29, 0.717) is 0 Å². The van der Waals surface area contributed by atoms with Crippen LogP contribution >= 0.6 is 12.4 Å². The Hall–Kier alpha value is 1.17. The van der Waals surface area contributed by atoms with Gasteiger partial charge in [-0.15, -0.1) is 12.4 Å². The molecule has 0 bridgehead atoms. The van der Waals surface area contributed by atoms with Crippen molar-refractivity contribution in [2.75, 3.05) is 0 Å². The average Bonchev–Trinajstić information content (AvgIpc) is 1.30. The summed E-state index contributed by atoms with van der Waals surface area (Å²) < 4.78 is 1.15. The van der Waals surface area contributed by atoms with E-state index in [1.54, 1.807) is 24.7 Å². The van der Waals surface area contributed by atoms with Gasteiger partial charge < -0.3 is 0 Å². The average molecular weight is 183 g/mol. The second-order valence-electron chi connectivity index (χ2n) is 1.63. The van der Waals surface area contributed by atoms with E-state index in [1.807, 2.05) is 0 Å². The number of halogens is 1. The zero-order valence-corrected chi connectivity index (χ0v) is 6.88. The molecular weight excluding hydrogens is 175 g/mol. The maximum absolute atomic E-state index is 1.76. The van der Waals surface area contributed by atoms with E-state index in [1.165, 1.54) is 19.3 Å². The molecule has 0 atom stereocenters. The van der Waals surface area contributed by atoms with Gasteiger partial charge in [0, 0.05) is 0 Å². The zero-order chi connectivity index (χ0) is 3.70. The summed E-state index contributed by atoms with van der Waals surface area (Å²) >= 11 is 1.76. The molecule has 2 heteroatoms. The molecule has 1 aliphatic rings.